The average Bonchev–Trinajstić information content (AvgIpc) is 2.90. The highest BCUT2D eigenvalue weighted by Gasteiger charge is 2.23. The van der Waals surface area contributed by atoms with Crippen molar-refractivity contribution in [2.24, 2.45) is 0 Å². The molecule has 0 aromatic heterocycles. The molecule has 1 aromatic rings. The van der Waals surface area contributed by atoms with Crippen molar-refractivity contribution in [1.82, 2.24) is 0 Å². The molecule has 0 radical (unpaired) electrons. The molecule has 18 heavy (non-hydrogen) atoms. The molecule has 0 spiro atoms. The standard InChI is InChI=1S/C14H18N2O2/c1-10(17)13-4-3-11(8-15)7-14(13)16(2)12-5-6-18-9-12/h3-4,7,10,12,17H,5-6,9H2,1-2H3/t10-,12?/m1/s1. The van der Waals surface area contributed by atoms with Crippen LogP contribution < -0.4 is 4.90 Å². The summed E-state index contributed by atoms with van der Waals surface area (Å²) < 4.78 is 5.39. The van der Waals surface area contributed by atoms with Gasteiger partial charge >= 0.3 is 0 Å². The highest BCUT2D eigenvalue weighted by Crippen LogP contribution is 2.29. The predicted molar refractivity (Wildman–Crippen MR) is 69.4 cm³/mol. The van der Waals surface area contributed by atoms with Gasteiger partial charge in [0.1, 0.15) is 0 Å². The lowest BCUT2D eigenvalue weighted by Gasteiger charge is -2.28. The van der Waals surface area contributed by atoms with E-state index in [1.165, 1.54) is 0 Å². The van der Waals surface area contributed by atoms with E-state index in [-0.39, 0.29) is 0 Å². The molecule has 0 amide bonds. The lowest BCUT2D eigenvalue weighted by molar-refractivity contribution is 0.192. The van der Waals surface area contributed by atoms with E-state index in [1.54, 1.807) is 13.0 Å². The minimum Gasteiger partial charge on any atom is -0.389 e. The predicted octanol–water partition coefficient (Wildman–Crippen LogP) is 1.84. The van der Waals surface area contributed by atoms with Crippen molar-refractivity contribution < 1.29 is 9.84 Å². The first kappa shape index (κ1) is 12.9. The number of benzene rings is 1. The van der Waals surface area contributed by atoms with E-state index in [9.17, 15) is 5.11 Å². The number of rotatable bonds is 3. The van der Waals surface area contributed by atoms with Gasteiger partial charge in [0, 0.05) is 24.9 Å². The van der Waals surface area contributed by atoms with Crippen LogP contribution in [0.5, 0.6) is 0 Å². The molecule has 0 bridgehead atoms. The Hall–Kier alpha value is -1.57. The summed E-state index contributed by atoms with van der Waals surface area (Å²) in [6, 6.07) is 7.85. The Kier molecular flexibility index (Phi) is 3.85. The summed E-state index contributed by atoms with van der Waals surface area (Å²) in [4.78, 5) is 2.11. The SMILES string of the molecule is C[C@@H](O)c1ccc(C#N)cc1N(C)C1CCOC1. The summed E-state index contributed by atoms with van der Waals surface area (Å²) in [6.45, 7) is 3.22. The second-order valence-electron chi connectivity index (χ2n) is 4.69. The largest absolute Gasteiger partial charge is 0.389 e. The van der Waals surface area contributed by atoms with Crippen molar-refractivity contribution in [3.8, 4) is 6.07 Å². The molecular formula is C14H18N2O2. The molecular weight excluding hydrogens is 228 g/mol. The molecule has 1 unspecified atom stereocenters. The number of hydrogen-bond donors (Lipinski definition) is 1. The van der Waals surface area contributed by atoms with Crippen LogP contribution in [-0.2, 0) is 4.74 Å². The van der Waals surface area contributed by atoms with Gasteiger partial charge < -0.3 is 14.7 Å². The van der Waals surface area contributed by atoms with Crippen LogP contribution in [0.4, 0.5) is 5.69 Å². The van der Waals surface area contributed by atoms with Crippen LogP contribution in [0, 0.1) is 11.3 Å². The van der Waals surface area contributed by atoms with Gasteiger partial charge in [-0.1, -0.05) is 6.07 Å². The van der Waals surface area contributed by atoms with Gasteiger partial charge in [0.2, 0.25) is 0 Å². The first-order valence-electron chi connectivity index (χ1n) is 6.16. The Balaban J connectivity index is 2.36. The van der Waals surface area contributed by atoms with Crippen molar-refractivity contribution >= 4 is 5.69 Å². The maximum absolute atomic E-state index is 9.82. The first-order valence-corrected chi connectivity index (χ1v) is 6.16. The van der Waals surface area contributed by atoms with E-state index < -0.39 is 6.10 Å². The zero-order valence-corrected chi connectivity index (χ0v) is 10.8. The molecule has 1 aliphatic heterocycles. The van der Waals surface area contributed by atoms with Crippen LogP contribution in [0.3, 0.4) is 0 Å². The molecule has 2 atom stereocenters. The van der Waals surface area contributed by atoms with Crippen LogP contribution in [0.2, 0.25) is 0 Å². The van der Waals surface area contributed by atoms with Crippen molar-refractivity contribution in [3.05, 3.63) is 29.3 Å². The molecule has 1 N–H and O–H groups in total. The molecule has 1 heterocycles. The number of aliphatic hydroxyl groups is 1. The zero-order valence-electron chi connectivity index (χ0n) is 10.8. The van der Waals surface area contributed by atoms with E-state index in [0.717, 1.165) is 24.3 Å². The van der Waals surface area contributed by atoms with Crippen molar-refractivity contribution in [2.75, 3.05) is 25.2 Å². The van der Waals surface area contributed by atoms with E-state index in [4.69, 9.17) is 10.00 Å². The highest BCUT2D eigenvalue weighted by molar-refractivity contribution is 5.58. The summed E-state index contributed by atoms with van der Waals surface area (Å²) in [6.07, 6.45) is 0.435. The van der Waals surface area contributed by atoms with Crippen molar-refractivity contribution in [1.29, 1.82) is 5.26 Å². The van der Waals surface area contributed by atoms with Gasteiger partial charge in [0.05, 0.1) is 30.4 Å². The number of likely N-dealkylation sites (N-methyl/N-ethyl adjacent to an activating group) is 1. The maximum Gasteiger partial charge on any atom is 0.0992 e. The topological polar surface area (TPSA) is 56.5 Å². The second-order valence-corrected chi connectivity index (χ2v) is 4.69. The average molecular weight is 246 g/mol. The quantitative estimate of drug-likeness (QED) is 0.884. The van der Waals surface area contributed by atoms with Crippen LogP contribution in [0.1, 0.15) is 30.6 Å². The number of aliphatic hydroxyl groups excluding tert-OH is 1. The maximum atomic E-state index is 9.82. The summed E-state index contributed by atoms with van der Waals surface area (Å²) in [7, 11) is 1.99. The first-order chi connectivity index (χ1) is 8.63. The summed E-state index contributed by atoms with van der Waals surface area (Å²) in [5.41, 5.74) is 2.38. The van der Waals surface area contributed by atoms with Crippen LogP contribution in [-0.4, -0.2) is 31.4 Å². The fourth-order valence-electron chi connectivity index (χ4n) is 2.30. The Morgan fingerprint density at radius 1 is 1.56 bits per heavy atom. The summed E-state index contributed by atoms with van der Waals surface area (Å²) >= 11 is 0. The number of hydrogen-bond acceptors (Lipinski definition) is 4. The van der Waals surface area contributed by atoms with Gasteiger partial charge in [-0.2, -0.15) is 5.26 Å². The van der Waals surface area contributed by atoms with Gasteiger partial charge in [-0.05, 0) is 25.5 Å². The molecule has 0 aliphatic carbocycles. The Morgan fingerprint density at radius 2 is 2.33 bits per heavy atom. The number of nitriles is 1. The summed E-state index contributed by atoms with van der Waals surface area (Å²) in [5, 5.41) is 18.8. The molecule has 1 saturated heterocycles. The Bertz CT molecular complexity index is 459. The van der Waals surface area contributed by atoms with E-state index in [1.807, 2.05) is 19.2 Å². The van der Waals surface area contributed by atoms with Gasteiger partial charge in [-0.25, -0.2) is 0 Å². The minimum atomic E-state index is -0.544. The lowest BCUT2D eigenvalue weighted by Crippen LogP contribution is -2.32. The molecule has 2 rings (SSSR count). The lowest BCUT2D eigenvalue weighted by atomic mass is 10.0. The number of anilines is 1. The summed E-state index contributed by atoms with van der Waals surface area (Å²) in [5.74, 6) is 0. The fourth-order valence-corrected chi connectivity index (χ4v) is 2.30. The molecule has 1 fully saturated rings. The minimum absolute atomic E-state index is 0.316. The third kappa shape index (κ3) is 2.47. The van der Waals surface area contributed by atoms with Gasteiger partial charge in [0.25, 0.3) is 0 Å². The van der Waals surface area contributed by atoms with E-state index in [2.05, 4.69) is 11.0 Å². The molecule has 1 aromatic carbocycles. The molecule has 4 heteroatoms. The molecule has 0 saturated carbocycles. The van der Waals surface area contributed by atoms with Crippen molar-refractivity contribution in [3.63, 3.8) is 0 Å². The third-order valence-electron chi connectivity index (χ3n) is 3.44. The monoisotopic (exact) mass is 246 g/mol. The normalized spacial score (nSPS) is 20.4. The number of nitrogens with zero attached hydrogens (tertiary/aromatic N) is 2. The zero-order chi connectivity index (χ0) is 13.1. The third-order valence-corrected chi connectivity index (χ3v) is 3.44. The Labute approximate surface area is 107 Å². The Morgan fingerprint density at radius 3 is 2.89 bits per heavy atom. The van der Waals surface area contributed by atoms with Crippen molar-refractivity contribution in [2.45, 2.75) is 25.5 Å². The molecule has 1 aliphatic rings. The van der Waals surface area contributed by atoms with Crippen LogP contribution in [0.15, 0.2) is 18.2 Å². The second kappa shape index (κ2) is 5.38. The molecule has 96 valence electrons. The van der Waals surface area contributed by atoms with Gasteiger partial charge in [-0.3, -0.25) is 0 Å². The van der Waals surface area contributed by atoms with Gasteiger partial charge in [-0.15, -0.1) is 0 Å². The smallest absolute Gasteiger partial charge is 0.0992 e. The van der Waals surface area contributed by atoms with Gasteiger partial charge in [0.15, 0.2) is 0 Å². The van der Waals surface area contributed by atoms with E-state index >= 15 is 0 Å². The van der Waals surface area contributed by atoms with Crippen LogP contribution in [0.25, 0.3) is 0 Å². The fraction of sp³-hybridized carbons (Fsp3) is 0.500. The van der Waals surface area contributed by atoms with Crippen LogP contribution >= 0.6 is 0 Å². The highest BCUT2D eigenvalue weighted by atomic mass is 16.5. The molecule has 4 nitrogen and oxygen atoms in total. The van der Waals surface area contributed by atoms with E-state index in [0.29, 0.717) is 18.2 Å². The number of ether oxygens (including phenoxy) is 1.